The van der Waals surface area contributed by atoms with E-state index in [0.717, 1.165) is 22.5 Å². The van der Waals surface area contributed by atoms with Crippen LogP contribution in [0.15, 0.2) is 24.7 Å². The molecule has 162 valence electrons. The van der Waals surface area contributed by atoms with Gasteiger partial charge in [0.15, 0.2) is 0 Å². The highest BCUT2D eigenvalue weighted by atomic mass is 16.2. The van der Waals surface area contributed by atoms with Crippen LogP contribution in [0.4, 0.5) is 5.82 Å². The number of fused-ring (bicyclic) bond motifs is 1. The number of likely N-dealkylation sites (tertiary alicyclic amines) is 1. The maximum Gasteiger partial charge on any atom is 0.252 e. The van der Waals surface area contributed by atoms with Gasteiger partial charge in [-0.3, -0.25) is 9.59 Å². The molecule has 0 spiro atoms. The summed E-state index contributed by atoms with van der Waals surface area (Å²) in [6.07, 6.45) is 5.56. The quantitative estimate of drug-likeness (QED) is 0.677. The number of amides is 2. The minimum atomic E-state index is -0.101. The van der Waals surface area contributed by atoms with Crippen LogP contribution in [0, 0.1) is 26.7 Å². The molecule has 0 aliphatic carbocycles. The highest BCUT2D eigenvalue weighted by Gasteiger charge is 2.27. The lowest BCUT2D eigenvalue weighted by atomic mass is 9.95. The molecule has 31 heavy (non-hydrogen) atoms. The number of piperidine rings is 1. The fourth-order valence-electron chi connectivity index (χ4n) is 4.07. The molecule has 0 atom stereocenters. The number of hydrogen-bond acceptors (Lipinski definition) is 6. The Morgan fingerprint density at radius 2 is 1.90 bits per heavy atom. The normalized spacial score (nSPS) is 14.7. The third-order valence-electron chi connectivity index (χ3n) is 5.96. The van der Waals surface area contributed by atoms with Gasteiger partial charge in [0.1, 0.15) is 12.1 Å². The Morgan fingerprint density at radius 1 is 1.13 bits per heavy atom. The van der Waals surface area contributed by atoms with E-state index in [1.165, 1.54) is 6.33 Å². The van der Waals surface area contributed by atoms with Crippen molar-refractivity contribution in [1.82, 2.24) is 29.5 Å². The Labute approximate surface area is 180 Å². The summed E-state index contributed by atoms with van der Waals surface area (Å²) in [7, 11) is 0. The van der Waals surface area contributed by atoms with Gasteiger partial charge in [-0.15, -0.1) is 0 Å². The monoisotopic (exact) mass is 421 g/mol. The van der Waals surface area contributed by atoms with Crippen LogP contribution in [0.2, 0.25) is 0 Å². The zero-order chi connectivity index (χ0) is 22.0. The molecule has 0 saturated carbocycles. The third kappa shape index (κ3) is 4.55. The number of pyridine rings is 1. The molecular weight excluding hydrogens is 394 g/mol. The number of hydrogen-bond donors (Lipinski definition) is 1. The predicted octanol–water partition coefficient (Wildman–Crippen LogP) is 2.25. The molecule has 9 nitrogen and oxygen atoms in total. The lowest BCUT2D eigenvalue weighted by Gasteiger charge is -2.31. The van der Waals surface area contributed by atoms with Crippen molar-refractivity contribution in [3.05, 3.63) is 47.2 Å². The summed E-state index contributed by atoms with van der Waals surface area (Å²) >= 11 is 0. The largest absolute Gasteiger partial charge is 0.343 e. The fraction of sp³-hybridized carbons (Fsp3) is 0.455. The van der Waals surface area contributed by atoms with Crippen LogP contribution in [0.25, 0.3) is 5.78 Å². The van der Waals surface area contributed by atoms with Gasteiger partial charge in [-0.2, -0.15) is 10.1 Å². The fourth-order valence-corrected chi connectivity index (χ4v) is 4.07. The molecule has 3 aromatic heterocycles. The SMILES string of the molecule is Cc1ccc(NC(=O)C2CCN(C(=O)CCc3c(C)nc4ncnn4c3C)CC2)nc1. The molecule has 0 aromatic carbocycles. The van der Waals surface area contributed by atoms with Crippen LogP contribution in [-0.2, 0) is 16.0 Å². The van der Waals surface area contributed by atoms with Crippen molar-refractivity contribution in [2.45, 2.75) is 46.5 Å². The van der Waals surface area contributed by atoms with Gasteiger partial charge in [-0.25, -0.2) is 14.5 Å². The molecular formula is C22H27N7O2. The molecule has 3 aromatic rings. The number of carbonyl (C=O) groups is 2. The second kappa shape index (κ2) is 8.79. The highest BCUT2D eigenvalue weighted by molar-refractivity contribution is 5.91. The standard InChI is InChI=1S/C22H27N7O2/c1-14-4-6-19(23-12-14)27-21(31)17-8-10-28(11-9-17)20(30)7-5-18-15(2)26-22-24-13-25-29(22)16(18)3/h4,6,12-13,17H,5,7-11H2,1-3H3,(H,23,27,31). The van der Waals surface area contributed by atoms with Gasteiger partial charge in [0.25, 0.3) is 5.78 Å². The Balaban J connectivity index is 1.29. The average molecular weight is 422 g/mol. The van der Waals surface area contributed by atoms with E-state index in [9.17, 15) is 9.59 Å². The number of carbonyl (C=O) groups excluding carboxylic acids is 2. The second-order valence-electron chi connectivity index (χ2n) is 8.10. The van der Waals surface area contributed by atoms with Crippen LogP contribution < -0.4 is 5.32 Å². The lowest BCUT2D eigenvalue weighted by molar-refractivity contribution is -0.134. The van der Waals surface area contributed by atoms with Gasteiger partial charge in [0, 0.05) is 43.0 Å². The van der Waals surface area contributed by atoms with Crippen LogP contribution in [0.3, 0.4) is 0 Å². The Hall–Kier alpha value is -3.36. The molecule has 0 radical (unpaired) electrons. The van der Waals surface area contributed by atoms with E-state index in [0.29, 0.717) is 50.4 Å². The topological polar surface area (TPSA) is 105 Å². The van der Waals surface area contributed by atoms with E-state index in [-0.39, 0.29) is 17.7 Å². The summed E-state index contributed by atoms with van der Waals surface area (Å²) in [6.45, 7) is 7.06. The van der Waals surface area contributed by atoms with Gasteiger partial charge in [0.05, 0.1) is 0 Å². The summed E-state index contributed by atoms with van der Waals surface area (Å²) < 4.78 is 1.71. The van der Waals surface area contributed by atoms with E-state index in [4.69, 9.17) is 0 Å². The first-order valence-corrected chi connectivity index (χ1v) is 10.6. The van der Waals surface area contributed by atoms with Gasteiger partial charge in [0.2, 0.25) is 11.8 Å². The van der Waals surface area contributed by atoms with Gasteiger partial charge in [-0.05, 0) is 57.2 Å². The smallest absolute Gasteiger partial charge is 0.252 e. The molecule has 9 heteroatoms. The number of aromatic nitrogens is 5. The molecule has 4 heterocycles. The number of rotatable bonds is 5. The second-order valence-corrected chi connectivity index (χ2v) is 8.10. The maximum atomic E-state index is 12.8. The van der Waals surface area contributed by atoms with Crippen LogP contribution in [0.5, 0.6) is 0 Å². The van der Waals surface area contributed by atoms with Gasteiger partial charge < -0.3 is 10.2 Å². The number of nitrogens with zero attached hydrogens (tertiary/aromatic N) is 6. The first-order valence-electron chi connectivity index (χ1n) is 10.6. The number of anilines is 1. The summed E-state index contributed by atoms with van der Waals surface area (Å²) in [5.74, 6) is 1.12. The molecule has 1 aliphatic heterocycles. The molecule has 1 N–H and O–H groups in total. The Bertz CT molecular complexity index is 1100. The van der Waals surface area contributed by atoms with Crippen molar-refractivity contribution in [3.8, 4) is 0 Å². The van der Waals surface area contributed by atoms with E-state index in [2.05, 4.69) is 25.4 Å². The number of aryl methyl sites for hydroxylation is 3. The van der Waals surface area contributed by atoms with Crippen LogP contribution in [-0.4, -0.2) is 54.4 Å². The predicted molar refractivity (Wildman–Crippen MR) is 115 cm³/mol. The minimum absolute atomic E-state index is 0.0260. The molecule has 0 unspecified atom stereocenters. The van der Waals surface area contributed by atoms with Crippen molar-refractivity contribution < 1.29 is 9.59 Å². The van der Waals surface area contributed by atoms with Crippen molar-refractivity contribution in [1.29, 1.82) is 0 Å². The van der Waals surface area contributed by atoms with Gasteiger partial charge >= 0.3 is 0 Å². The highest BCUT2D eigenvalue weighted by Crippen LogP contribution is 2.21. The first kappa shape index (κ1) is 20.9. The maximum absolute atomic E-state index is 12.8. The van der Waals surface area contributed by atoms with E-state index in [1.807, 2.05) is 31.7 Å². The molecule has 2 amide bonds. The van der Waals surface area contributed by atoms with Crippen molar-refractivity contribution in [2.24, 2.45) is 5.92 Å². The zero-order valence-corrected chi connectivity index (χ0v) is 18.1. The first-order chi connectivity index (χ1) is 14.9. The molecule has 1 saturated heterocycles. The van der Waals surface area contributed by atoms with E-state index >= 15 is 0 Å². The molecule has 4 rings (SSSR count). The van der Waals surface area contributed by atoms with Crippen molar-refractivity contribution in [3.63, 3.8) is 0 Å². The molecule has 1 fully saturated rings. The third-order valence-corrected chi connectivity index (χ3v) is 5.96. The lowest BCUT2D eigenvalue weighted by Crippen LogP contribution is -2.41. The van der Waals surface area contributed by atoms with E-state index < -0.39 is 0 Å². The summed E-state index contributed by atoms with van der Waals surface area (Å²) in [5.41, 5.74) is 3.93. The van der Waals surface area contributed by atoms with E-state index in [1.54, 1.807) is 16.8 Å². The number of nitrogens with one attached hydrogen (secondary N) is 1. The summed E-state index contributed by atoms with van der Waals surface area (Å²) in [6, 6.07) is 3.73. The van der Waals surface area contributed by atoms with Gasteiger partial charge in [-0.1, -0.05) is 6.07 Å². The van der Waals surface area contributed by atoms with Crippen LogP contribution in [0.1, 0.15) is 41.8 Å². The van der Waals surface area contributed by atoms with Crippen molar-refractivity contribution in [2.75, 3.05) is 18.4 Å². The molecule has 1 aliphatic rings. The minimum Gasteiger partial charge on any atom is -0.343 e. The van der Waals surface area contributed by atoms with Crippen LogP contribution >= 0.6 is 0 Å². The Morgan fingerprint density at radius 3 is 2.61 bits per heavy atom. The molecule has 0 bridgehead atoms. The summed E-state index contributed by atoms with van der Waals surface area (Å²) in [5, 5.41) is 7.08. The average Bonchev–Trinajstić information content (AvgIpc) is 3.23. The van der Waals surface area contributed by atoms with Crippen molar-refractivity contribution >= 4 is 23.4 Å². The Kier molecular flexibility index (Phi) is 5.92. The summed E-state index contributed by atoms with van der Waals surface area (Å²) in [4.78, 5) is 40.0. The zero-order valence-electron chi connectivity index (χ0n) is 18.1.